The molecule has 0 atom stereocenters. The van der Waals surface area contributed by atoms with Crippen molar-refractivity contribution in [1.82, 2.24) is 0 Å². The first kappa shape index (κ1) is 7.21. The van der Waals surface area contributed by atoms with Crippen LogP contribution < -0.4 is 0 Å². The van der Waals surface area contributed by atoms with E-state index >= 15 is 0 Å². The van der Waals surface area contributed by atoms with Gasteiger partial charge in [0.2, 0.25) is 0 Å². The lowest BCUT2D eigenvalue weighted by Crippen LogP contribution is -2.02. The van der Waals surface area contributed by atoms with E-state index in [2.05, 4.69) is 6.58 Å². The van der Waals surface area contributed by atoms with Crippen LogP contribution in [-0.2, 0) is 9.90 Å². The van der Waals surface area contributed by atoms with Gasteiger partial charge in [-0.25, -0.2) is 9.90 Å². The predicted molar refractivity (Wildman–Crippen MR) is 29.7 cm³/mol. The molecule has 0 spiro atoms. The highest BCUT2D eigenvalue weighted by Crippen LogP contribution is 2.05. The van der Waals surface area contributed by atoms with Gasteiger partial charge in [-0.05, 0) is 5.92 Å². The summed E-state index contributed by atoms with van der Waals surface area (Å²) in [6.07, 6.45) is 0. The molecule has 0 aliphatic rings. The summed E-state index contributed by atoms with van der Waals surface area (Å²) in [5.41, 5.74) is 0.157. The maximum atomic E-state index is 9.93. The lowest BCUT2D eigenvalue weighted by atomic mass is 10.1. The van der Waals surface area contributed by atoms with Crippen LogP contribution in [0.1, 0.15) is 13.8 Å². The molecular weight excluding hydrogens is 104 g/mol. The van der Waals surface area contributed by atoms with Gasteiger partial charge in [0.1, 0.15) is 0 Å². The van der Waals surface area contributed by atoms with Crippen molar-refractivity contribution in [2.24, 2.45) is 5.92 Å². The Bertz CT molecular complexity index is 114. The van der Waals surface area contributed by atoms with Crippen LogP contribution in [0.2, 0.25) is 0 Å². The van der Waals surface area contributed by atoms with Crippen molar-refractivity contribution in [3.05, 3.63) is 12.2 Å². The molecule has 0 bridgehead atoms. The van der Waals surface area contributed by atoms with Crippen LogP contribution in [0.5, 0.6) is 0 Å². The van der Waals surface area contributed by atoms with E-state index in [-0.39, 0.29) is 11.5 Å². The molecule has 0 aromatic carbocycles. The average Bonchev–Trinajstić information content (AvgIpc) is 1.64. The van der Waals surface area contributed by atoms with Gasteiger partial charge in [-0.1, -0.05) is 20.4 Å². The number of hydrogen-bond acceptors (Lipinski definition) is 1. The van der Waals surface area contributed by atoms with E-state index in [1.54, 1.807) is 13.8 Å². The van der Waals surface area contributed by atoms with Gasteiger partial charge in [0.05, 0.1) is 0 Å². The third kappa shape index (κ3) is 1.78. The summed E-state index contributed by atoms with van der Waals surface area (Å²) in [5.74, 6) is -1.17. The van der Waals surface area contributed by atoms with Gasteiger partial charge in [0.15, 0.2) is 0 Å². The van der Waals surface area contributed by atoms with E-state index in [0.717, 1.165) is 0 Å². The summed E-state index contributed by atoms with van der Waals surface area (Å²) in [6.45, 7) is 6.82. The molecule has 0 aromatic rings. The quantitative estimate of drug-likeness (QED) is 0.495. The maximum Gasteiger partial charge on any atom is 0.382 e. The van der Waals surface area contributed by atoms with Gasteiger partial charge in [-0.2, -0.15) is 0 Å². The summed E-state index contributed by atoms with van der Waals surface area (Å²) >= 11 is 0. The smallest absolute Gasteiger partial charge is 0.242 e. The minimum absolute atomic E-state index is 0.0139. The van der Waals surface area contributed by atoms with Gasteiger partial charge in [0, 0.05) is 5.57 Å². The Morgan fingerprint density at radius 2 is 1.88 bits per heavy atom. The van der Waals surface area contributed by atoms with E-state index in [4.69, 9.17) is 0 Å². The number of carbonyl (C=O) groups excluding carboxylic acids is 1. The van der Waals surface area contributed by atoms with Crippen LogP contribution in [-0.4, -0.2) is 5.97 Å². The molecule has 0 heterocycles. The topological polar surface area (TPSA) is 37.0 Å². The van der Waals surface area contributed by atoms with Crippen LogP contribution in [0.3, 0.4) is 0 Å². The minimum Gasteiger partial charge on any atom is -0.242 e. The number of rotatable bonds is 2. The second kappa shape index (κ2) is 2.50. The Morgan fingerprint density at radius 1 is 1.50 bits per heavy atom. The van der Waals surface area contributed by atoms with Gasteiger partial charge < -0.3 is 0 Å². The zero-order chi connectivity index (χ0) is 6.73. The number of hydrogen-bond donors (Lipinski definition) is 0. The molecule has 0 aliphatic heterocycles. The highest BCUT2D eigenvalue weighted by atomic mass is 16.4. The SMILES string of the molecule is C=C(C([O])=O)C(C)C. The molecule has 2 heteroatoms. The van der Waals surface area contributed by atoms with Gasteiger partial charge >= 0.3 is 5.97 Å². The summed E-state index contributed by atoms with van der Waals surface area (Å²) in [7, 11) is 0. The fraction of sp³-hybridized carbons (Fsp3) is 0.500. The first-order valence-electron chi connectivity index (χ1n) is 2.46. The van der Waals surface area contributed by atoms with Crippen LogP contribution in [0.4, 0.5) is 0 Å². The predicted octanol–water partition coefficient (Wildman–Crippen LogP) is 1.16. The number of carbonyl (C=O) groups is 1. The highest BCUT2D eigenvalue weighted by molar-refractivity contribution is 5.85. The fourth-order valence-electron chi connectivity index (χ4n) is 0.236. The molecule has 0 aliphatic carbocycles. The molecule has 0 saturated carbocycles. The molecule has 2 nitrogen and oxygen atoms in total. The molecule has 0 saturated heterocycles. The molecule has 0 amide bonds. The van der Waals surface area contributed by atoms with Crippen molar-refractivity contribution in [1.29, 1.82) is 0 Å². The first-order chi connectivity index (χ1) is 3.55. The van der Waals surface area contributed by atoms with Crippen LogP contribution in [0.15, 0.2) is 12.2 Å². The van der Waals surface area contributed by atoms with E-state index in [1.165, 1.54) is 0 Å². The van der Waals surface area contributed by atoms with Crippen molar-refractivity contribution in [3.8, 4) is 0 Å². The molecule has 0 rings (SSSR count). The highest BCUT2D eigenvalue weighted by Gasteiger charge is 2.08. The second-order valence-electron chi connectivity index (χ2n) is 1.97. The Kier molecular flexibility index (Phi) is 2.25. The zero-order valence-corrected chi connectivity index (χ0v) is 5.10. The normalized spacial score (nSPS) is 9.38. The first-order valence-corrected chi connectivity index (χ1v) is 2.46. The van der Waals surface area contributed by atoms with Gasteiger partial charge in [-0.3, -0.25) is 0 Å². The summed E-state index contributed by atoms with van der Waals surface area (Å²) in [5, 5.41) is 9.93. The summed E-state index contributed by atoms with van der Waals surface area (Å²) in [6, 6.07) is 0. The van der Waals surface area contributed by atoms with Crippen LogP contribution in [0.25, 0.3) is 0 Å². The molecule has 8 heavy (non-hydrogen) atoms. The van der Waals surface area contributed by atoms with E-state index in [1.807, 2.05) is 0 Å². The Balaban J connectivity index is 3.84. The monoisotopic (exact) mass is 113 g/mol. The van der Waals surface area contributed by atoms with Crippen molar-refractivity contribution < 1.29 is 9.90 Å². The van der Waals surface area contributed by atoms with Gasteiger partial charge in [-0.15, -0.1) is 0 Å². The van der Waals surface area contributed by atoms with Crippen molar-refractivity contribution in [2.45, 2.75) is 13.8 Å². The molecule has 0 fully saturated rings. The van der Waals surface area contributed by atoms with E-state index < -0.39 is 5.97 Å². The molecule has 0 aromatic heterocycles. The van der Waals surface area contributed by atoms with Crippen LogP contribution >= 0.6 is 0 Å². The molecule has 1 radical (unpaired) electrons. The Labute approximate surface area is 48.8 Å². The van der Waals surface area contributed by atoms with Gasteiger partial charge in [0.25, 0.3) is 0 Å². The lowest BCUT2D eigenvalue weighted by Gasteiger charge is -1.98. The largest absolute Gasteiger partial charge is 0.382 e. The second-order valence-corrected chi connectivity index (χ2v) is 1.97. The Morgan fingerprint density at radius 3 is 1.88 bits per heavy atom. The van der Waals surface area contributed by atoms with Crippen molar-refractivity contribution in [3.63, 3.8) is 0 Å². The Hall–Kier alpha value is -0.790. The zero-order valence-electron chi connectivity index (χ0n) is 5.10. The van der Waals surface area contributed by atoms with Crippen molar-refractivity contribution >= 4 is 5.97 Å². The summed E-state index contributed by atoms with van der Waals surface area (Å²) < 4.78 is 0. The molecule has 0 unspecified atom stereocenters. The summed E-state index contributed by atoms with van der Waals surface area (Å²) in [4.78, 5) is 9.93. The molecule has 0 N–H and O–H groups in total. The average molecular weight is 113 g/mol. The fourth-order valence-corrected chi connectivity index (χ4v) is 0.236. The maximum absolute atomic E-state index is 9.93. The third-order valence-electron chi connectivity index (χ3n) is 0.959. The van der Waals surface area contributed by atoms with Crippen molar-refractivity contribution in [2.75, 3.05) is 0 Å². The molecule has 45 valence electrons. The van der Waals surface area contributed by atoms with E-state index in [9.17, 15) is 9.90 Å². The third-order valence-corrected chi connectivity index (χ3v) is 0.959. The van der Waals surface area contributed by atoms with E-state index in [0.29, 0.717) is 0 Å². The standard InChI is InChI=1S/C6H9O2/c1-4(2)5(3)6(7)8/h4H,3H2,1-2H3. The molecular formula is C6H9O2. The minimum atomic E-state index is -1.15. The van der Waals surface area contributed by atoms with Crippen LogP contribution in [0, 0.1) is 5.92 Å². The lowest BCUT2D eigenvalue weighted by molar-refractivity contribution is -0.138.